The van der Waals surface area contributed by atoms with E-state index in [4.69, 9.17) is 10.8 Å². The van der Waals surface area contributed by atoms with E-state index in [0.717, 1.165) is 10.1 Å². The fraction of sp³-hybridized carbons (Fsp3) is 0. The van der Waals surface area contributed by atoms with E-state index in [1.807, 2.05) is 0 Å². The van der Waals surface area contributed by atoms with Gasteiger partial charge in [0.25, 0.3) is 0 Å². The summed E-state index contributed by atoms with van der Waals surface area (Å²) in [5.41, 5.74) is 5.53. The molecule has 0 saturated carbocycles. The third-order valence-electron chi connectivity index (χ3n) is 1.48. The highest BCUT2D eigenvalue weighted by Crippen LogP contribution is 2.27. The topological polar surface area (TPSA) is 59.1 Å². The van der Waals surface area contributed by atoms with Crippen LogP contribution in [0.2, 0.25) is 0 Å². The number of hydrogen-bond donors (Lipinski definition) is 2. The Labute approximate surface area is 67.2 Å². The first kappa shape index (κ1) is 6.42. The number of anilines is 1. The highest BCUT2D eigenvalue weighted by Gasteiger charge is 2.01. The zero-order valence-corrected chi connectivity index (χ0v) is 6.43. The number of aromatic nitrogens is 1. The third kappa shape index (κ3) is 0.914. The molecule has 1 aromatic heterocycles. The number of fused-ring (bicyclic) bond motifs is 1. The summed E-state index contributed by atoms with van der Waals surface area (Å²) in [5, 5.41) is 9.92. The van der Waals surface area contributed by atoms with Crippen LogP contribution in [0.1, 0.15) is 0 Å². The van der Waals surface area contributed by atoms with Gasteiger partial charge < -0.3 is 10.8 Å². The summed E-state index contributed by atoms with van der Waals surface area (Å²) in [7, 11) is 0. The summed E-state index contributed by atoms with van der Waals surface area (Å²) < 4.78 is 4.95. The minimum absolute atomic E-state index is 0.226. The largest absolute Gasteiger partial charge is 0.508 e. The Kier molecular flexibility index (Phi) is 1.22. The van der Waals surface area contributed by atoms with Gasteiger partial charge in [0.05, 0.1) is 4.70 Å². The van der Waals surface area contributed by atoms with Crippen LogP contribution >= 0.6 is 11.5 Å². The Morgan fingerprint density at radius 1 is 1.45 bits per heavy atom. The van der Waals surface area contributed by atoms with E-state index in [1.165, 1.54) is 11.5 Å². The lowest BCUT2D eigenvalue weighted by Gasteiger charge is -1.90. The molecule has 0 aliphatic rings. The zero-order valence-electron chi connectivity index (χ0n) is 5.61. The smallest absolute Gasteiger partial charge is 0.145 e. The van der Waals surface area contributed by atoms with Gasteiger partial charge in [0, 0.05) is 5.39 Å². The van der Waals surface area contributed by atoms with E-state index in [1.54, 1.807) is 18.2 Å². The highest BCUT2D eigenvalue weighted by atomic mass is 32.1. The van der Waals surface area contributed by atoms with Crippen molar-refractivity contribution in [1.29, 1.82) is 0 Å². The molecule has 2 aromatic rings. The van der Waals surface area contributed by atoms with Gasteiger partial charge in [-0.15, -0.1) is 0 Å². The standard InChI is InChI=1S/C7H6N2OS/c8-7-5-3-4(10)1-2-6(5)11-9-7/h1-3,10H,(H2,8,9). The van der Waals surface area contributed by atoms with Crippen LogP contribution in [0.4, 0.5) is 5.82 Å². The highest BCUT2D eigenvalue weighted by molar-refractivity contribution is 7.13. The molecule has 1 aromatic carbocycles. The molecule has 0 saturated heterocycles. The third-order valence-corrected chi connectivity index (χ3v) is 2.32. The molecule has 4 heteroatoms. The number of phenolic OH excluding ortho intramolecular Hbond substituents is 1. The van der Waals surface area contributed by atoms with E-state index in [-0.39, 0.29) is 5.75 Å². The quantitative estimate of drug-likeness (QED) is 0.624. The van der Waals surface area contributed by atoms with Crippen molar-refractivity contribution >= 4 is 27.4 Å². The molecule has 0 spiro atoms. The second kappa shape index (κ2) is 2.10. The van der Waals surface area contributed by atoms with E-state index >= 15 is 0 Å². The summed E-state index contributed by atoms with van der Waals surface area (Å²) in [4.78, 5) is 0. The molecular weight excluding hydrogens is 160 g/mol. The molecule has 0 aliphatic heterocycles. The van der Waals surface area contributed by atoms with Crippen molar-refractivity contribution in [1.82, 2.24) is 4.37 Å². The summed E-state index contributed by atoms with van der Waals surface area (Å²) in [6, 6.07) is 5.05. The van der Waals surface area contributed by atoms with Crippen molar-refractivity contribution in [3.63, 3.8) is 0 Å². The molecule has 3 N–H and O–H groups in total. The van der Waals surface area contributed by atoms with E-state index in [0.29, 0.717) is 5.82 Å². The number of rotatable bonds is 0. The summed E-state index contributed by atoms with van der Waals surface area (Å²) in [6.45, 7) is 0. The molecule has 0 unspecified atom stereocenters. The lowest BCUT2D eigenvalue weighted by atomic mass is 10.2. The maximum absolute atomic E-state index is 9.09. The first-order valence-corrected chi connectivity index (χ1v) is 3.88. The Hall–Kier alpha value is -1.29. The van der Waals surface area contributed by atoms with Crippen molar-refractivity contribution in [3.8, 4) is 5.75 Å². The van der Waals surface area contributed by atoms with Gasteiger partial charge in [-0.05, 0) is 29.7 Å². The van der Waals surface area contributed by atoms with Gasteiger partial charge in [-0.2, -0.15) is 4.37 Å². The molecule has 3 nitrogen and oxygen atoms in total. The molecule has 0 bridgehead atoms. The number of nitrogens with two attached hydrogens (primary N) is 1. The minimum atomic E-state index is 0.226. The Bertz CT molecular complexity index is 396. The number of hydrogen-bond acceptors (Lipinski definition) is 4. The fourth-order valence-corrected chi connectivity index (χ4v) is 1.63. The van der Waals surface area contributed by atoms with E-state index in [9.17, 15) is 0 Å². The fourth-order valence-electron chi connectivity index (χ4n) is 0.945. The van der Waals surface area contributed by atoms with Crippen LogP contribution in [0, 0.1) is 0 Å². The van der Waals surface area contributed by atoms with Gasteiger partial charge in [-0.3, -0.25) is 0 Å². The molecule has 0 aliphatic carbocycles. The van der Waals surface area contributed by atoms with Gasteiger partial charge in [0.15, 0.2) is 0 Å². The van der Waals surface area contributed by atoms with Crippen molar-refractivity contribution in [2.75, 3.05) is 5.73 Å². The van der Waals surface area contributed by atoms with Crippen molar-refractivity contribution < 1.29 is 5.11 Å². The molecule has 11 heavy (non-hydrogen) atoms. The molecule has 1 heterocycles. The van der Waals surface area contributed by atoms with Crippen LogP contribution in [0.3, 0.4) is 0 Å². The summed E-state index contributed by atoms with van der Waals surface area (Å²) >= 11 is 1.34. The second-order valence-electron chi connectivity index (χ2n) is 2.25. The van der Waals surface area contributed by atoms with Gasteiger partial charge in [-0.1, -0.05) is 0 Å². The lowest BCUT2D eigenvalue weighted by Crippen LogP contribution is -1.82. The maximum atomic E-state index is 9.09. The predicted octanol–water partition coefficient (Wildman–Crippen LogP) is 1.58. The molecule has 0 fully saturated rings. The van der Waals surface area contributed by atoms with Crippen LogP contribution in [-0.4, -0.2) is 9.48 Å². The summed E-state index contributed by atoms with van der Waals surface area (Å²) in [6.07, 6.45) is 0. The number of nitrogen functional groups attached to an aromatic ring is 1. The average molecular weight is 166 g/mol. The van der Waals surface area contributed by atoms with Gasteiger partial charge in [0.2, 0.25) is 0 Å². The van der Waals surface area contributed by atoms with Gasteiger partial charge in [0.1, 0.15) is 11.6 Å². The van der Waals surface area contributed by atoms with Gasteiger partial charge in [-0.25, -0.2) is 0 Å². The van der Waals surface area contributed by atoms with Crippen LogP contribution < -0.4 is 5.73 Å². The SMILES string of the molecule is Nc1nsc2ccc(O)cc12. The number of nitrogens with zero attached hydrogens (tertiary/aromatic N) is 1. The molecule has 2 rings (SSSR count). The Balaban J connectivity index is 2.87. The average Bonchev–Trinajstić information content (AvgIpc) is 2.33. The number of aromatic hydroxyl groups is 1. The number of phenols is 1. The van der Waals surface area contributed by atoms with Crippen LogP contribution in [-0.2, 0) is 0 Å². The second-order valence-corrected chi connectivity index (χ2v) is 3.05. The normalized spacial score (nSPS) is 10.5. The number of benzene rings is 1. The molecule has 0 amide bonds. The van der Waals surface area contributed by atoms with Crippen LogP contribution in [0.15, 0.2) is 18.2 Å². The summed E-state index contributed by atoms with van der Waals surface area (Å²) in [5.74, 6) is 0.713. The lowest BCUT2D eigenvalue weighted by molar-refractivity contribution is 0.476. The van der Waals surface area contributed by atoms with Crippen LogP contribution in [0.5, 0.6) is 5.75 Å². The zero-order chi connectivity index (χ0) is 7.84. The van der Waals surface area contributed by atoms with Gasteiger partial charge >= 0.3 is 0 Å². The Morgan fingerprint density at radius 2 is 2.27 bits per heavy atom. The maximum Gasteiger partial charge on any atom is 0.145 e. The first-order valence-electron chi connectivity index (χ1n) is 3.11. The van der Waals surface area contributed by atoms with Crippen molar-refractivity contribution in [3.05, 3.63) is 18.2 Å². The monoisotopic (exact) mass is 166 g/mol. The minimum Gasteiger partial charge on any atom is -0.508 e. The molecular formula is C7H6N2OS. The van der Waals surface area contributed by atoms with E-state index in [2.05, 4.69) is 4.37 Å². The van der Waals surface area contributed by atoms with Crippen molar-refractivity contribution in [2.24, 2.45) is 0 Å². The van der Waals surface area contributed by atoms with Crippen molar-refractivity contribution in [2.45, 2.75) is 0 Å². The molecule has 0 radical (unpaired) electrons. The van der Waals surface area contributed by atoms with E-state index < -0.39 is 0 Å². The molecule has 0 atom stereocenters. The molecule has 56 valence electrons. The van der Waals surface area contributed by atoms with Crippen LogP contribution in [0.25, 0.3) is 10.1 Å². The Morgan fingerprint density at radius 3 is 3.09 bits per heavy atom. The first-order chi connectivity index (χ1) is 5.27. The predicted molar refractivity (Wildman–Crippen MR) is 45.7 cm³/mol.